The van der Waals surface area contributed by atoms with Crippen molar-refractivity contribution in [1.82, 2.24) is 9.55 Å². The molecule has 0 radical (unpaired) electrons. The quantitative estimate of drug-likeness (QED) is 0.876. The molecule has 17 heavy (non-hydrogen) atoms. The van der Waals surface area contributed by atoms with Gasteiger partial charge in [-0.05, 0) is 31.6 Å². The lowest BCUT2D eigenvalue weighted by atomic mass is 9.76. The average molecular weight is 238 g/mol. The Morgan fingerprint density at radius 3 is 2.65 bits per heavy atom. The Labute approximate surface area is 103 Å². The molecule has 0 amide bonds. The fourth-order valence-electron chi connectivity index (χ4n) is 2.72. The van der Waals surface area contributed by atoms with Gasteiger partial charge in [0.1, 0.15) is 17.5 Å². The number of aliphatic hydroxyl groups is 1. The number of aryl methyl sites for hydroxylation is 1. The molecule has 0 spiro atoms. The van der Waals surface area contributed by atoms with Crippen LogP contribution in [0.5, 0.6) is 0 Å². The van der Waals surface area contributed by atoms with Crippen molar-refractivity contribution in [2.24, 2.45) is 13.0 Å². The zero-order valence-corrected chi connectivity index (χ0v) is 10.9. The van der Waals surface area contributed by atoms with Gasteiger partial charge in [0.25, 0.3) is 0 Å². The second kappa shape index (κ2) is 4.78. The van der Waals surface area contributed by atoms with Gasteiger partial charge >= 0.3 is 0 Å². The number of ether oxygens (including phenoxy) is 1. The molecule has 96 valence electrons. The van der Waals surface area contributed by atoms with Gasteiger partial charge in [-0.3, -0.25) is 0 Å². The molecule has 1 aliphatic rings. The van der Waals surface area contributed by atoms with Crippen LogP contribution < -0.4 is 0 Å². The van der Waals surface area contributed by atoms with Gasteiger partial charge in [0.05, 0.1) is 0 Å². The maximum absolute atomic E-state index is 10.5. The Hall–Kier alpha value is -0.870. The first-order chi connectivity index (χ1) is 8.09. The van der Waals surface area contributed by atoms with Crippen LogP contribution in [0.2, 0.25) is 0 Å². The highest BCUT2D eigenvalue weighted by atomic mass is 16.5. The zero-order valence-electron chi connectivity index (χ0n) is 10.9. The summed E-state index contributed by atoms with van der Waals surface area (Å²) in [6, 6.07) is 0. The predicted octanol–water partition coefficient (Wildman–Crippen LogP) is 2.05. The lowest BCUT2D eigenvalue weighted by molar-refractivity contribution is -0.134. The third kappa shape index (κ3) is 2.24. The molecule has 0 aliphatic heterocycles. The molecule has 1 heterocycles. The molecule has 1 aromatic rings. The average Bonchev–Trinajstić information content (AvgIpc) is 2.76. The summed E-state index contributed by atoms with van der Waals surface area (Å²) in [7, 11) is 3.60. The SMILES string of the molecule is COC1(C(O)c2nccn2C)CCC(C)CC1. The van der Waals surface area contributed by atoms with E-state index in [2.05, 4.69) is 11.9 Å². The van der Waals surface area contributed by atoms with E-state index in [4.69, 9.17) is 4.74 Å². The second-order valence-corrected chi connectivity index (χ2v) is 5.25. The minimum Gasteiger partial charge on any atom is -0.382 e. The smallest absolute Gasteiger partial charge is 0.141 e. The van der Waals surface area contributed by atoms with Crippen molar-refractivity contribution in [1.29, 1.82) is 0 Å². The first kappa shape index (κ1) is 12.6. The van der Waals surface area contributed by atoms with Crippen molar-refractivity contribution in [2.75, 3.05) is 7.11 Å². The molecule has 0 aromatic carbocycles. The molecule has 4 heteroatoms. The summed E-state index contributed by atoms with van der Waals surface area (Å²) >= 11 is 0. The van der Waals surface area contributed by atoms with Gasteiger partial charge in [0, 0.05) is 26.6 Å². The van der Waals surface area contributed by atoms with E-state index in [9.17, 15) is 5.11 Å². The van der Waals surface area contributed by atoms with E-state index in [-0.39, 0.29) is 0 Å². The molecule has 0 saturated heterocycles. The molecular formula is C13H22N2O2. The first-order valence-corrected chi connectivity index (χ1v) is 6.29. The molecular weight excluding hydrogens is 216 g/mol. The first-order valence-electron chi connectivity index (χ1n) is 6.29. The van der Waals surface area contributed by atoms with Crippen molar-refractivity contribution >= 4 is 0 Å². The van der Waals surface area contributed by atoms with Crippen LogP contribution in [0.3, 0.4) is 0 Å². The van der Waals surface area contributed by atoms with Crippen LogP contribution in [0.4, 0.5) is 0 Å². The molecule has 1 aromatic heterocycles. The van der Waals surface area contributed by atoms with Gasteiger partial charge in [-0.1, -0.05) is 6.92 Å². The Morgan fingerprint density at radius 1 is 1.53 bits per heavy atom. The van der Waals surface area contributed by atoms with Crippen LogP contribution >= 0.6 is 0 Å². The van der Waals surface area contributed by atoms with E-state index in [1.165, 1.54) is 0 Å². The van der Waals surface area contributed by atoms with E-state index >= 15 is 0 Å². The highest BCUT2D eigenvalue weighted by Gasteiger charge is 2.43. The maximum Gasteiger partial charge on any atom is 0.141 e. The Balaban J connectivity index is 2.21. The van der Waals surface area contributed by atoms with Crippen LogP contribution in [-0.2, 0) is 11.8 Å². The van der Waals surface area contributed by atoms with E-state index in [0.717, 1.165) is 31.6 Å². The lowest BCUT2D eigenvalue weighted by Crippen LogP contribution is -2.42. The monoisotopic (exact) mass is 238 g/mol. The Kier molecular flexibility index (Phi) is 3.54. The summed E-state index contributed by atoms with van der Waals surface area (Å²) < 4.78 is 7.53. The summed E-state index contributed by atoms with van der Waals surface area (Å²) in [5.41, 5.74) is -0.453. The van der Waals surface area contributed by atoms with Gasteiger partial charge in [0.15, 0.2) is 0 Å². The largest absolute Gasteiger partial charge is 0.382 e. The molecule has 0 bridgehead atoms. The molecule has 1 saturated carbocycles. The van der Waals surface area contributed by atoms with Crippen LogP contribution in [-0.4, -0.2) is 27.4 Å². The lowest BCUT2D eigenvalue weighted by Gasteiger charge is -2.41. The van der Waals surface area contributed by atoms with Crippen LogP contribution in [0.25, 0.3) is 0 Å². The minimum atomic E-state index is -0.639. The summed E-state index contributed by atoms with van der Waals surface area (Å²) in [6.07, 6.45) is 6.95. The summed E-state index contributed by atoms with van der Waals surface area (Å²) in [5.74, 6) is 1.42. The van der Waals surface area contributed by atoms with Crippen molar-refractivity contribution in [3.05, 3.63) is 18.2 Å². The molecule has 4 nitrogen and oxygen atoms in total. The topological polar surface area (TPSA) is 47.3 Å². The molecule has 1 atom stereocenters. The van der Waals surface area contributed by atoms with Crippen LogP contribution in [0, 0.1) is 5.92 Å². The molecule has 2 rings (SSSR count). The highest BCUT2D eigenvalue weighted by molar-refractivity contribution is 5.05. The third-order valence-electron chi connectivity index (χ3n) is 4.13. The number of hydrogen-bond donors (Lipinski definition) is 1. The number of rotatable bonds is 3. The van der Waals surface area contributed by atoms with E-state index in [1.54, 1.807) is 13.3 Å². The molecule has 1 aliphatic carbocycles. The minimum absolute atomic E-state index is 0.453. The van der Waals surface area contributed by atoms with E-state index < -0.39 is 11.7 Å². The van der Waals surface area contributed by atoms with Crippen molar-refractivity contribution in [2.45, 2.75) is 44.3 Å². The van der Waals surface area contributed by atoms with E-state index in [1.807, 2.05) is 17.8 Å². The predicted molar refractivity (Wildman–Crippen MR) is 65.5 cm³/mol. The summed E-state index contributed by atoms with van der Waals surface area (Å²) in [6.45, 7) is 2.26. The Morgan fingerprint density at radius 2 is 2.18 bits per heavy atom. The van der Waals surface area contributed by atoms with Gasteiger partial charge < -0.3 is 14.4 Å². The van der Waals surface area contributed by atoms with Gasteiger partial charge in [-0.15, -0.1) is 0 Å². The zero-order chi connectivity index (χ0) is 12.5. The number of imidazole rings is 1. The molecule has 1 unspecified atom stereocenters. The van der Waals surface area contributed by atoms with Gasteiger partial charge in [-0.25, -0.2) is 4.98 Å². The van der Waals surface area contributed by atoms with E-state index in [0.29, 0.717) is 5.82 Å². The van der Waals surface area contributed by atoms with Gasteiger partial charge in [0.2, 0.25) is 0 Å². The molecule has 1 fully saturated rings. The number of aromatic nitrogens is 2. The standard InChI is InChI=1S/C13H22N2O2/c1-10-4-6-13(17-3,7-5-10)11(16)12-14-8-9-15(12)2/h8-11,16H,4-7H2,1-3H3. The number of aliphatic hydroxyl groups excluding tert-OH is 1. The summed E-state index contributed by atoms with van der Waals surface area (Å²) in [4.78, 5) is 4.24. The fraction of sp³-hybridized carbons (Fsp3) is 0.769. The normalized spacial score (nSPS) is 31.4. The number of hydrogen-bond acceptors (Lipinski definition) is 3. The molecule has 1 N–H and O–H groups in total. The number of nitrogens with zero attached hydrogens (tertiary/aromatic N) is 2. The van der Waals surface area contributed by atoms with Crippen molar-refractivity contribution in [3.8, 4) is 0 Å². The van der Waals surface area contributed by atoms with Crippen molar-refractivity contribution in [3.63, 3.8) is 0 Å². The summed E-state index contributed by atoms with van der Waals surface area (Å²) in [5, 5.41) is 10.5. The maximum atomic E-state index is 10.5. The number of methoxy groups -OCH3 is 1. The van der Waals surface area contributed by atoms with Gasteiger partial charge in [-0.2, -0.15) is 0 Å². The second-order valence-electron chi connectivity index (χ2n) is 5.25. The van der Waals surface area contributed by atoms with Crippen LogP contribution in [0.15, 0.2) is 12.4 Å². The van der Waals surface area contributed by atoms with Crippen LogP contribution in [0.1, 0.15) is 44.5 Å². The van der Waals surface area contributed by atoms with Crippen molar-refractivity contribution < 1.29 is 9.84 Å². The third-order valence-corrected chi connectivity index (χ3v) is 4.13. The fourth-order valence-corrected chi connectivity index (χ4v) is 2.72. The Bertz CT molecular complexity index is 367. The highest BCUT2D eigenvalue weighted by Crippen LogP contribution is 2.42.